The molecule has 0 unspecified atom stereocenters. The number of halogens is 1. The van der Waals surface area contributed by atoms with Crippen molar-refractivity contribution in [3.05, 3.63) is 40.3 Å². The highest BCUT2D eigenvalue weighted by atomic mass is 79.9. The van der Waals surface area contributed by atoms with Crippen molar-refractivity contribution < 1.29 is 0 Å². The van der Waals surface area contributed by atoms with Crippen LogP contribution in [0.25, 0.3) is 0 Å². The van der Waals surface area contributed by atoms with Gasteiger partial charge in [-0.1, -0.05) is 15.9 Å². The van der Waals surface area contributed by atoms with E-state index in [0.717, 1.165) is 15.3 Å². The minimum absolute atomic E-state index is 0.919. The van der Waals surface area contributed by atoms with E-state index in [-0.39, 0.29) is 0 Å². The Morgan fingerprint density at radius 3 is 2.62 bits per heavy atom. The van der Waals surface area contributed by atoms with Gasteiger partial charge >= 0.3 is 0 Å². The molecule has 0 aliphatic heterocycles. The molecule has 2 nitrogen and oxygen atoms in total. The van der Waals surface area contributed by atoms with Gasteiger partial charge in [0.05, 0.1) is 0 Å². The summed E-state index contributed by atoms with van der Waals surface area (Å²) in [5, 5.41) is 6.06. The molecule has 0 aliphatic rings. The lowest BCUT2D eigenvalue weighted by Gasteiger charge is -2.01. The third-order valence-electron chi connectivity index (χ3n) is 1.53. The lowest BCUT2D eigenvalue weighted by molar-refractivity contribution is 1.39. The molecule has 1 aromatic carbocycles. The van der Waals surface area contributed by atoms with Crippen LogP contribution < -0.4 is 5.32 Å². The molecule has 0 atom stereocenters. The zero-order chi connectivity index (χ0) is 9.10. The summed E-state index contributed by atoms with van der Waals surface area (Å²) in [6, 6.07) is 8.00. The molecule has 0 saturated heterocycles. The topological polar surface area (TPSA) is 24.9 Å². The van der Waals surface area contributed by atoms with Crippen molar-refractivity contribution >= 4 is 38.1 Å². The highest BCUT2D eigenvalue weighted by Gasteiger charge is 1.95. The predicted octanol–water partition coefficient (Wildman–Crippen LogP) is 3.65. The minimum atomic E-state index is 0.919. The van der Waals surface area contributed by atoms with Gasteiger partial charge in [0, 0.05) is 21.7 Å². The number of thiazole rings is 1. The Morgan fingerprint density at radius 2 is 2.00 bits per heavy atom. The molecule has 0 radical (unpaired) electrons. The molecular weight excluding hydrogens is 248 g/mol. The summed E-state index contributed by atoms with van der Waals surface area (Å²) >= 11 is 4.97. The van der Waals surface area contributed by atoms with E-state index < -0.39 is 0 Å². The third kappa shape index (κ3) is 2.29. The molecule has 0 saturated carbocycles. The predicted molar refractivity (Wildman–Crippen MR) is 59.5 cm³/mol. The van der Waals surface area contributed by atoms with Crippen molar-refractivity contribution in [2.45, 2.75) is 0 Å². The average molecular weight is 255 g/mol. The molecule has 2 aromatic rings. The van der Waals surface area contributed by atoms with Crippen LogP contribution in [0, 0.1) is 0 Å². The van der Waals surface area contributed by atoms with E-state index >= 15 is 0 Å². The van der Waals surface area contributed by atoms with Crippen LogP contribution in [0.15, 0.2) is 40.3 Å². The van der Waals surface area contributed by atoms with E-state index in [0.29, 0.717) is 0 Å². The summed E-state index contributed by atoms with van der Waals surface area (Å²) in [5.41, 5.74) is 1.05. The summed E-state index contributed by atoms with van der Waals surface area (Å²) in [5.74, 6) is 0. The molecule has 0 bridgehead atoms. The van der Waals surface area contributed by atoms with E-state index in [1.165, 1.54) is 0 Å². The van der Waals surface area contributed by atoms with Gasteiger partial charge in [0.1, 0.15) is 0 Å². The number of hydrogen-bond donors (Lipinski definition) is 1. The lowest BCUT2D eigenvalue weighted by atomic mass is 10.3. The van der Waals surface area contributed by atoms with Crippen molar-refractivity contribution in [1.29, 1.82) is 0 Å². The molecule has 0 amide bonds. The Balaban J connectivity index is 2.15. The van der Waals surface area contributed by atoms with E-state index in [1.807, 2.05) is 29.6 Å². The Kier molecular flexibility index (Phi) is 2.61. The number of anilines is 2. The van der Waals surface area contributed by atoms with Crippen molar-refractivity contribution in [2.75, 3.05) is 5.32 Å². The fraction of sp³-hybridized carbons (Fsp3) is 0. The number of nitrogens with one attached hydrogen (secondary N) is 1. The summed E-state index contributed by atoms with van der Waals surface area (Å²) < 4.78 is 1.08. The van der Waals surface area contributed by atoms with Gasteiger partial charge in [-0.25, -0.2) is 4.98 Å². The van der Waals surface area contributed by atoms with Crippen molar-refractivity contribution in [1.82, 2.24) is 4.98 Å². The number of aromatic nitrogens is 1. The smallest absolute Gasteiger partial charge is 0.187 e. The fourth-order valence-corrected chi connectivity index (χ4v) is 1.76. The number of benzene rings is 1. The summed E-state index contributed by atoms with van der Waals surface area (Å²) in [7, 11) is 0. The van der Waals surface area contributed by atoms with E-state index in [2.05, 4.69) is 26.2 Å². The molecule has 13 heavy (non-hydrogen) atoms. The normalized spacial score (nSPS) is 9.92. The molecule has 66 valence electrons. The summed E-state index contributed by atoms with van der Waals surface area (Å²) in [6.07, 6.45) is 1.78. The first-order valence-corrected chi connectivity index (χ1v) is 5.44. The zero-order valence-electron chi connectivity index (χ0n) is 6.70. The maximum absolute atomic E-state index is 4.13. The number of nitrogens with zero attached hydrogens (tertiary/aromatic N) is 1. The van der Waals surface area contributed by atoms with Crippen molar-refractivity contribution in [2.24, 2.45) is 0 Å². The van der Waals surface area contributed by atoms with E-state index in [1.54, 1.807) is 17.5 Å². The first kappa shape index (κ1) is 8.72. The molecule has 2 rings (SSSR count). The molecule has 1 N–H and O–H groups in total. The van der Waals surface area contributed by atoms with Crippen LogP contribution in [0.5, 0.6) is 0 Å². The van der Waals surface area contributed by atoms with Crippen LogP contribution in [0.4, 0.5) is 10.8 Å². The molecule has 1 aromatic heterocycles. The second-order valence-corrected chi connectivity index (χ2v) is 4.28. The highest BCUT2D eigenvalue weighted by Crippen LogP contribution is 2.20. The highest BCUT2D eigenvalue weighted by molar-refractivity contribution is 9.10. The van der Waals surface area contributed by atoms with Crippen LogP contribution in [-0.2, 0) is 0 Å². The summed E-state index contributed by atoms with van der Waals surface area (Å²) in [4.78, 5) is 4.13. The van der Waals surface area contributed by atoms with Gasteiger partial charge in [-0.05, 0) is 24.3 Å². The average Bonchev–Trinajstić information content (AvgIpc) is 2.62. The van der Waals surface area contributed by atoms with Crippen LogP contribution in [0.3, 0.4) is 0 Å². The standard InChI is InChI=1S/C9H7BrN2S/c10-7-1-3-8(4-2-7)12-9-11-5-6-13-9/h1-6H,(H,11,12). The minimum Gasteiger partial charge on any atom is -0.332 e. The zero-order valence-corrected chi connectivity index (χ0v) is 9.10. The van der Waals surface area contributed by atoms with E-state index in [4.69, 9.17) is 0 Å². The first-order valence-electron chi connectivity index (χ1n) is 3.77. The second-order valence-electron chi connectivity index (χ2n) is 2.47. The van der Waals surface area contributed by atoms with Gasteiger partial charge in [-0.3, -0.25) is 0 Å². The van der Waals surface area contributed by atoms with Gasteiger partial charge in [0.25, 0.3) is 0 Å². The molecule has 1 heterocycles. The van der Waals surface area contributed by atoms with Gasteiger partial charge in [0.2, 0.25) is 0 Å². The maximum atomic E-state index is 4.13. The molecule has 0 aliphatic carbocycles. The molecular formula is C9H7BrN2S. The Labute approximate surface area is 88.8 Å². The van der Waals surface area contributed by atoms with Gasteiger partial charge in [-0.2, -0.15) is 0 Å². The maximum Gasteiger partial charge on any atom is 0.187 e. The SMILES string of the molecule is Brc1ccc(Nc2nccs2)cc1. The van der Waals surface area contributed by atoms with Gasteiger partial charge in [-0.15, -0.1) is 11.3 Å². The Bertz CT molecular complexity index is 369. The lowest BCUT2D eigenvalue weighted by Crippen LogP contribution is -1.87. The third-order valence-corrected chi connectivity index (χ3v) is 2.75. The van der Waals surface area contributed by atoms with Crippen LogP contribution in [-0.4, -0.2) is 4.98 Å². The van der Waals surface area contributed by atoms with Crippen LogP contribution in [0.2, 0.25) is 0 Å². The Morgan fingerprint density at radius 1 is 1.23 bits per heavy atom. The molecule has 0 fully saturated rings. The van der Waals surface area contributed by atoms with Gasteiger partial charge < -0.3 is 5.32 Å². The van der Waals surface area contributed by atoms with Crippen molar-refractivity contribution in [3.63, 3.8) is 0 Å². The van der Waals surface area contributed by atoms with Gasteiger partial charge in [0.15, 0.2) is 5.13 Å². The number of rotatable bonds is 2. The van der Waals surface area contributed by atoms with Crippen molar-refractivity contribution in [3.8, 4) is 0 Å². The Hall–Kier alpha value is -0.870. The molecule has 4 heteroatoms. The quantitative estimate of drug-likeness (QED) is 0.885. The largest absolute Gasteiger partial charge is 0.332 e. The van der Waals surface area contributed by atoms with Crippen LogP contribution in [0.1, 0.15) is 0 Å². The van der Waals surface area contributed by atoms with Crippen LogP contribution >= 0.6 is 27.3 Å². The first-order chi connectivity index (χ1) is 6.34. The fourth-order valence-electron chi connectivity index (χ4n) is 0.942. The number of hydrogen-bond acceptors (Lipinski definition) is 3. The summed E-state index contributed by atoms with van der Waals surface area (Å²) in [6.45, 7) is 0. The molecule has 0 spiro atoms. The monoisotopic (exact) mass is 254 g/mol. The second kappa shape index (κ2) is 3.89. The van der Waals surface area contributed by atoms with E-state index in [9.17, 15) is 0 Å².